The first-order valence-corrected chi connectivity index (χ1v) is 13.8. The molecule has 0 spiro atoms. The summed E-state index contributed by atoms with van der Waals surface area (Å²) in [7, 11) is 0. The first-order valence-electron chi connectivity index (χ1n) is 11.9. The number of aromatic amines is 1. The van der Waals surface area contributed by atoms with Crippen LogP contribution in [0.5, 0.6) is 0 Å². The maximum absolute atomic E-state index is 13.9. The predicted molar refractivity (Wildman–Crippen MR) is 141 cm³/mol. The van der Waals surface area contributed by atoms with Crippen molar-refractivity contribution >= 4 is 53.1 Å². The van der Waals surface area contributed by atoms with Crippen molar-refractivity contribution in [2.24, 2.45) is 5.92 Å². The fraction of sp³-hybridized carbons (Fsp3) is 0.231. The summed E-state index contributed by atoms with van der Waals surface area (Å²) >= 11 is -1.13. The molecule has 4 aromatic rings. The van der Waals surface area contributed by atoms with Crippen LogP contribution in [0, 0.1) is 17.6 Å². The summed E-state index contributed by atoms with van der Waals surface area (Å²) in [5.41, 5.74) is 2.15. The predicted octanol–water partition coefficient (Wildman–Crippen LogP) is 4.58. The molecule has 1 atom stereocenters. The molecule has 4 N–H and O–H groups in total. The molecule has 40 heavy (non-hydrogen) atoms. The summed E-state index contributed by atoms with van der Waals surface area (Å²) in [6.07, 6.45) is 1.74. The van der Waals surface area contributed by atoms with Gasteiger partial charge in [0.15, 0.2) is 0 Å². The van der Waals surface area contributed by atoms with Crippen LogP contribution < -0.4 is 20.3 Å². The van der Waals surface area contributed by atoms with E-state index in [9.17, 15) is 31.5 Å². The average Bonchev–Trinajstić information content (AvgIpc) is 3.30. The topological polar surface area (TPSA) is 112 Å². The van der Waals surface area contributed by atoms with Crippen molar-refractivity contribution < 1.29 is 31.5 Å². The molecule has 0 saturated heterocycles. The number of H-pyrrole nitrogens is 1. The summed E-state index contributed by atoms with van der Waals surface area (Å²) in [5, 5.41) is 7.99. The van der Waals surface area contributed by atoms with Crippen LogP contribution in [0.25, 0.3) is 22.2 Å². The molecule has 3 heterocycles. The third-order valence-corrected chi connectivity index (χ3v) is 7.42. The molecule has 0 bridgehead atoms. The minimum Gasteiger partial charge on any atom is -0.169 e. The van der Waals surface area contributed by atoms with Crippen molar-refractivity contribution in [3.8, 4) is 11.1 Å². The van der Waals surface area contributed by atoms with Crippen molar-refractivity contribution in [1.29, 1.82) is 0 Å². The third kappa shape index (κ3) is 7.35. The zero-order valence-electron chi connectivity index (χ0n) is 21.1. The number of anilines is 2. The maximum atomic E-state index is 13.9. The molecule has 1 radical (unpaired) electrons. The number of nitrogens with zero attached hydrogens (tertiary/aromatic N) is 2. The molecule has 3 aromatic heterocycles. The Bertz CT molecular complexity index is 1540. The van der Waals surface area contributed by atoms with Crippen LogP contribution in [0.4, 0.5) is 38.1 Å². The van der Waals surface area contributed by atoms with Gasteiger partial charge in [-0.05, 0) is 0 Å². The number of halogens is 5. The molecule has 14 heteroatoms. The van der Waals surface area contributed by atoms with Crippen molar-refractivity contribution in [1.82, 2.24) is 20.3 Å². The fourth-order valence-corrected chi connectivity index (χ4v) is 5.33. The number of rotatable bonds is 9. The van der Waals surface area contributed by atoms with E-state index < -0.39 is 56.8 Å². The Morgan fingerprint density at radius 1 is 1.07 bits per heavy atom. The van der Waals surface area contributed by atoms with E-state index >= 15 is 0 Å². The molecule has 0 fully saturated rings. The van der Waals surface area contributed by atoms with Crippen LogP contribution in [0.1, 0.15) is 13.8 Å². The number of pyridine rings is 2. The van der Waals surface area contributed by atoms with Crippen LogP contribution >= 0.6 is 0 Å². The van der Waals surface area contributed by atoms with Gasteiger partial charge in [0, 0.05) is 0 Å². The van der Waals surface area contributed by atoms with E-state index in [1.165, 1.54) is 12.4 Å². The van der Waals surface area contributed by atoms with Crippen LogP contribution in [0.2, 0.25) is 0 Å². The second-order valence-electron chi connectivity index (χ2n) is 9.12. The molecule has 1 aromatic carbocycles. The number of alkyl halides is 3. The van der Waals surface area contributed by atoms with E-state index in [0.29, 0.717) is 38.3 Å². The Hall–Kier alpha value is -3.99. The van der Waals surface area contributed by atoms with Gasteiger partial charge in [0.25, 0.3) is 0 Å². The Balaban J connectivity index is 1.52. The minimum atomic E-state index is -4.53. The van der Waals surface area contributed by atoms with Gasteiger partial charge in [-0.1, -0.05) is 0 Å². The van der Waals surface area contributed by atoms with Gasteiger partial charge >= 0.3 is 219 Å². The van der Waals surface area contributed by atoms with E-state index in [2.05, 4.69) is 25.6 Å². The van der Waals surface area contributed by atoms with Crippen molar-refractivity contribution in [3.63, 3.8) is 0 Å². The van der Waals surface area contributed by atoms with E-state index in [-0.39, 0.29) is 11.6 Å². The van der Waals surface area contributed by atoms with Gasteiger partial charge in [0.1, 0.15) is 0 Å². The number of benzene rings is 1. The second-order valence-corrected chi connectivity index (χ2v) is 11.5. The Kier molecular flexibility index (Phi) is 8.72. The van der Waals surface area contributed by atoms with Gasteiger partial charge in [-0.25, -0.2) is 0 Å². The molecule has 209 valence electrons. The number of fused-ring (bicyclic) bond motifs is 1. The Labute approximate surface area is 231 Å². The molecule has 2 amide bonds. The van der Waals surface area contributed by atoms with Crippen LogP contribution in [-0.2, 0) is 4.79 Å². The van der Waals surface area contributed by atoms with E-state index in [0.717, 1.165) is 12.1 Å². The first-order chi connectivity index (χ1) is 18.9. The molecule has 0 aliphatic rings. The quantitative estimate of drug-likeness (QED) is 0.162. The number of nitrogens with one attached hydrogen (secondary N) is 4. The molecule has 0 saturated carbocycles. The number of carbonyl (C=O) groups is 2. The Morgan fingerprint density at radius 2 is 1.85 bits per heavy atom. The zero-order chi connectivity index (χ0) is 29.0. The summed E-state index contributed by atoms with van der Waals surface area (Å²) in [5.74, 6) is -2.75. The molecular weight excluding hydrogens is 598 g/mol. The molecule has 8 nitrogen and oxygen atoms in total. The van der Waals surface area contributed by atoms with Gasteiger partial charge in [0.2, 0.25) is 0 Å². The molecule has 1 unspecified atom stereocenters. The minimum absolute atomic E-state index is 0.125. The summed E-state index contributed by atoms with van der Waals surface area (Å²) in [6.45, 7) is 1.98. The smallest absolute Gasteiger partial charge is 0.169 e. The van der Waals surface area contributed by atoms with Crippen molar-refractivity contribution in [2.45, 2.75) is 26.1 Å². The van der Waals surface area contributed by atoms with Crippen LogP contribution in [0.15, 0.2) is 55.1 Å². The van der Waals surface area contributed by atoms with E-state index in [1.54, 1.807) is 38.4 Å². The number of aromatic nitrogens is 3. The second kappa shape index (κ2) is 12.0. The number of amides is 2. The summed E-state index contributed by atoms with van der Waals surface area (Å²) in [6, 6.07) is 5.41. The van der Waals surface area contributed by atoms with Crippen molar-refractivity contribution in [2.75, 3.05) is 17.2 Å². The Morgan fingerprint density at radius 3 is 2.55 bits per heavy atom. The first kappa shape index (κ1) is 29.0. The SMILES string of the molecule is CC(C)C(Nc1cncc(-c2c[nH]c3ncc([As]C(=O)Nc4ccc(F)cc4F)cc23)c1)C(=O)NCC(F)(F)F. The van der Waals surface area contributed by atoms with Crippen LogP contribution in [-0.4, -0.2) is 60.1 Å². The zero-order valence-corrected chi connectivity index (χ0v) is 23.0. The third-order valence-electron chi connectivity index (χ3n) is 5.70. The van der Waals surface area contributed by atoms with Gasteiger partial charge in [0.05, 0.1) is 0 Å². The van der Waals surface area contributed by atoms with Crippen LogP contribution in [0.3, 0.4) is 0 Å². The molecule has 4 rings (SSSR count). The number of hydrogen-bond acceptors (Lipinski definition) is 5. The molecular formula is C26H23AsF5N6O2. The van der Waals surface area contributed by atoms with Gasteiger partial charge in [-0.3, -0.25) is 0 Å². The number of carbonyl (C=O) groups excluding carboxylic acids is 2. The van der Waals surface area contributed by atoms with Gasteiger partial charge in [-0.2, -0.15) is 13.2 Å². The average molecular weight is 621 g/mol. The number of hydrogen-bond donors (Lipinski definition) is 4. The summed E-state index contributed by atoms with van der Waals surface area (Å²) in [4.78, 5) is 36.6. The van der Waals surface area contributed by atoms with Gasteiger partial charge in [-0.15, -0.1) is 0 Å². The van der Waals surface area contributed by atoms with Gasteiger partial charge < -0.3 is 0 Å². The molecule has 0 aliphatic heterocycles. The fourth-order valence-electron chi connectivity index (χ4n) is 3.82. The van der Waals surface area contributed by atoms with E-state index in [4.69, 9.17) is 0 Å². The summed E-state index contributed by atoms with van der Waals surface area (Å²) < 4.78 is 64.9. The molecule has 0 aliphatic carbocycles. The van der Waals surface area contributed by atoms with E-state index in [1.807, 2.05) is 5.32 Å². The monoisotopic (exact) mass is 621 g/mol. The van der Waals surface area contributed by atoms with Crippen molar-refractivity contribution in [3.05, 3.63) is 66.8 Å². The standard InChI is InChI=1S/C26H23AsF5N6O2/c1-13(2)22(24(39)36-12-26(30,31)32)37-17-5-14(8-33-10-17)19-11-35-23-18(19)6-15(9-34-23)27-25(40)38-21-4-3-16(28)7-20(21)29/h3-11,13,22,37H,12H2,1-2H3,(H,34,35)(H,36,39)(H,38,40). The normalized spacial score (nSPS) is 12.7.